The lowest BCUT2D eigenvalue weighted by Crippen LogP contribution is -2.25. The molecular weight excluding hydrogens is 501 g/mol. The number of benzene rings is 1. The molecule has 2 amide bonds. The Morgan fingerprint density at radius 2 is 1.97 bits per heavy atom. The third-order valence-corrected chi connectivity index (χ3v) is 5.95. The molecule has 0 saturated heterocycles. The zero-order valence-corrected chi connectivity index (χ0v) is 21.8. The maximum atomic E-state index is 14.6. The lowest BCUT2D eigenvalue weighted by molar-refractivity contribution is -0.123. The number of allylic oxidation sites excluding steroid dienone is 1. The number of pyridine rings is 2. The molecule has 0 atom stereocenters. The first-order valence-corrected chi connectivity index (χ1v) is 12.5. The molecule has 0 bridgehead atoms. The predicted octanol–water partition coefficient (Wildman–Crippen LogP) is 4.24. The standard InChI is InChI=1S/C29H30FN5O4/c1-34(2)26(37)14-8-4-7-13-25(36)33-23-12-9-15-35(29(23)38)18-21-16-24-27(32-21)28(22(30)17-31-24)39-19-20-10-5-3-6-11-20/h3,5-6,8-12,14-17,32H,4,7,13,18-19H2,1-2H3,(H,33,36)/b14-8+. The number of nitrogens with one attached hydrogen (secondary N) is 2. The van der Waals surface area contributed by atoms with E-state index in [1.54, 1.807) is 44.6 Å². The van der Waals surface area contributed by atoms with Gasteiger partial charge in [0.2, 0.25) is 11.8 Å². The Morgan fingerprint density at radius 1 is 1.18 bits per heavy atom. The number of aromatic amines is 1. The van der Waals surface area contributed by atoms with E-state index < -0.39 is 5.82 Å². The minimum atomic E-state index is -0.589. The van der Waals surface area contributed by atoms with Crippen molar-refractivity contribution in [3.05, 3.63) is 101 Å². The highest BCUT2D eigenvalue weighted by molar-refractivity contribution is 5.90. The Labute approximate surface area is 224 Å². The quantitative estimate of drug-likeness (QED) is 0.222. The number of H-pyrrole nitrogens is 1. The molecule has 4 rings (SSSR count). The molecule has 202 valence electrons. The second-order valence-electron chi connectivity index (χ2n) is 9.19. The van der Waals surface area contributed by atoms with Gasteiger partial charge in [-0.2, -0.15) is 0 Å². The molecule has 0 aliphatic carbocycles. The number of carbonyl (C=O) groups excluding carboxylic acids is 2. The molecule has 3 heterocycles. The van der Waals surface area contributed by atoms with Crippen LogP contribution in [0.1, 0.15) is 30.5 Å². The Balaban J connectivity index is 1.41. The molecule has 0 radical (unpaired) electrons. The second-order valence-corrected chi connectivity index (χ2v) is 9.19. The molecule has 2 N–H and O–H groups in total. The van der Waals surface area contributed by atoms with Crippen LogP contribution in [0.25, 0.3) is 11.0 Å². The van der Waals surface area contributed by atoms with Crippen molar-refractivity contribution in [1.29, 1.82) is 0 Å². The molecule has 0 unspecified atom stereocenters. The van der Waals surface area contributed by atoms with E-state index in [0.717, 1.165) is 11.8 Å². The van der Waals surface area contributed by atoms with Crippen LogP contribution in [0.3, 0.4) is 0 Å². The van der Waals surface area contributed by atoms with Gasteiger partial charge in [-0.1, -0.05) is 36.4 Å². The zero-order valence-electron chi connectivity index (χ0n) is 21.8. The van der Waals surface area contributed by atoms with Crippen molar-refractivity contribution in [3.8, 4) is 5.75 Å². The number of unbranched alkanes of at least 4 members (excludes halogenated alkanes) is 1. The summed E-state index contributed by atoms with van der Waals surface area (Å²) < 4.78 is 21.8. The average molecular weight is 532 g/mol. The molecule has 1 aromatic carbocycles. The first kappa shape index (κ1) is 27.3. The Morgan fingerprint density at radius 3 is 2.74 bits per heavy atom. The number of nitrogens with zero attached hydrogens (tertiary/aromatic N) is 3. The van der Waals surface area contributed by atoms with E-state index in [-0.39, 0.29) is 48.4 Å². The lowest BCUT2D eigenvalue weighted by atomic mass is 10.2. The SMILES string of the molecule is CN(C)C(=O)/C=C/CCCC(=O)Nc1cccn(Cc2cc3ncc(F)c(OCc4ccccc4)c3[nH]2)c1=O. The molecule has 0 aliphatic heterocycles. The zero-order chi connectivity index (χ0) is 27.8. The molecule has 39 heavy (non-hydrogen) atoms. The van der Waals surface area contributed by atoms with Gasteiger partial charge >= 0.3 is 0 Å². The van der Waals surface area contributed by atoms with Gasteiger partial charge in [0.05, 0.1) is 18.3 Å². The van der Waals surface area contributed by atoms with Crippen LogP contribution in [0, 0.1) is 5.82 Å². The van der Waals surface area contributed by atoms with Crippen LogP contribution in [0.2, 0.25) is 0 Å². The number of rotatable bonds is 11. The van der Waals surface area contributed by atoms with E-state index in [4.69, 9.17) is 4.74 Å². The van der Waals surface area contributed by atoms with Gasteiger partial charge in [0.1, 0.15) is 17.8 Å². The fourth-order valence-corrected chi connectivity index (χ4v) is 3.90. The average Bonchev–Trinajstić information content (AvgIpc) is 3.33. The number of aromatic nitrogens is 3. The highest BCUT2D eigenvalue weighted by atomic mass is 19.1. The molecular formula is C29H30FN5O4. The fraction of sp³-hybridized carbons (Fsp3) is 0.241. The van der Waals surface area contributed by atoms with Gasteiger partial charge in [-0.25, -0.2) is 4.39 Å². The van der Waals surface area contributed by atoms with Crippen LogP contribution in [0.5, 0.6) is 5.75 Å². The van der Waals surface area contributed by atoms with E-state index in [2.05, 4.69) is 15.3 Å². The summed E-state index contributed by atoms with van der Waals surface area (Å²) in [5, 5.41) is 2.67. The maximum absolute atomic E-state index is 14.6. The van der Waals surface area contributed by atoms with E-state index >= 15 is 0 Å². The molecule has 0 spiro atoms. The number of likely N-dealkylation sites (N-methyl/N-ethyl adjacent to an activating group) is 1. The molecule has 0 aliphatic rings. The van der Waals surface area contributed by atoms with Crippen molar-refractivity contribution in [1.82, 2.24) is 19.4 Å². The summed E-state index contributed by atoms with van der Waals surface area (Å²) in [5.74, 6) is -0.934. The number of hydrogen-bond acceptors (Lipinski definition) is 5. The first-order valence-electron chi connectivity index (χ1n) is 12.5. The molecule has 3 aromatic heterocycles. The van der Waals surface area contributed by atoms with Gasteiger partial charge < -0.3 is 24.5 Å². The topological polar surface area (TPSA) is 109 Å². The van der Waals surface area contributed by atoms with Crippen molar-refractivity contribution < 1.29 is 18.7 Å². The van der Waals surface area contributed by atoms with Crippen LogP contribution >= 0.6 is 0 Å². The van der Waals surface area contributed by atoms with E-state index in [1.165, 1.54) is 15.5 Å². The summed E-state index contributed by atoms with van der Waals surface area (Å²) >= 11 is 0. The molecule has 0 saturated carbocycles. The van der Waals surface area contributed by atoms with E-state index in [9.17, 15) is 18.8 Å². The molecule has 9 nitrogen and oxygen atoms in total. The minimum Gasteiger partial charge on any atom is -0.483 e. The smallest absolute Gasteiger partial charge is 0.274 e. The van der Waals surface area contributed by atoms with Gasteiger partial charge in [0.15, 0.2) is 11.6 Å². The van der Waals surface area contributed by atoms with Gasteiger partial charge in [0.25, 0.3) is 5.56 Å². The molecule has 0 fully saturated rings. The van der Waals surface area contributed by atoms with Crippen LogP contribution in [0.4, 0.5) is 10.1 Å². The molecule has 10 heteroatoms. The molecule has 4 aromatic rings. The Bertz CT molecular complexity index is 1540. The van der Waals surface area contributed by atoms with Gasteiger partial charge in [0, 0.05) is 32.4 Å². The predicted molar refractivity (Wildman–Crippen MR) is 147 cm³/mol. The van der Waals surface area contributed by atoms with Crippen LogP contribution < -0.4 is 15.6 Å². The largest absolute Gasteiger partial charge is 0.483 e. The highest BCUT2D eigenvalue weighted by Gasteiger charge is 2.15. The van der Waals surface area contributed by atoms with Crippen molar-refractivity contribution >= 4 is 28.5 Å². The highest BCUT2D eigenvalue weighted by Crippen LogP contribution is 2.28. The van der Waals surface area contributed by atoms with Gasteiger partial charge in [-0.3, -0.25) is 19.4 Å². The third kappa shape index (κ3) is 7.19. The summed E-state index contributed by atoms with van der Waals surface area (Å²) in [6.07, 6.45) is 7.23. The van der Waals surface area contributed by atoms with Crippen molar-refractivity contribution in [2.24, 2.45) is 0 Å². The fourth-order valence-electron chi connectivity index (χ4n) is 3.90. The number of ether oxygens (including phenoxy) is 1. The second kappa shape index (κ2) is 12.7. The lowest BCUT2D eigenvalue weighted by Gasteiger charge is -2.09. The monoisotopic (exact) mass is 531 g/mol. The normalized spacial score (nSPS) is 11.2. The Kier molecular flexibility index (Phi) is 8.88. The summed E-state index contributed by atoms with van der Waals surface area (Å²) in [6.45, 7) is 0.347. The maximum Gasteiger partial charge on any atom is 0.274 e. The number of amides is 2. The number of hydrogen-bond donors (Lipinski definition) is 2. The number of halogens is 1. The van der Waals surface area contributed by atoms with Crippen LogP contribution in [-0.4, -0.2) is 45.3 Å². The first-order chi connectivity index (χ1) is 18.8. The number of carbonyl (C=O) groups is 2. The van der Waals surface area contributed by atoms with Gasteiger partial charge in [-0.05, 0) is 42.7 Å². The van der Waals surface area contributed by atoms with E-state index in [1.807, 2.05) is 30.3 Å². The minimum absolute atomic E-state index is 0.0596. The number of anilines is 1. The Hall–Kier alpha value is -4.73. The summed E-state index contributed by atoms with van der Waals surface area (Å²) in [5.41, 5.74) is 2.22. The van der Waals surface area contributed by atoms with Crippen molar-refractivity contribution in [3.63, 3.8) is 0 Å². The summed E-state index contributed by atoms with van der Waals surface area (Å²) in [4.78, 5) is 45.6. The van der Waals surface area contributed by atoms with Crippen molar-refractivity contribution in [2.45, 2.75) is 32.4 Å². The van der Waals surface area contributed by atoms with Gasteiger partial charge in [-0.15, -0.1) is 0 Å². The van der Waals surface area contributed by atoms with Crippen molar-refractivity contribution in [2.75, 3.05) is 19.4 Å². The number of fused-ring (bicyclic) bond motifs is 1. The van der Waals surface area contributed by atoms with Crippen LogP contribution in [-0.2, 0) is 22.7 Å². The van der Waals surface area contributed by atoms with Crippen LogP contribution in [0.15, 0.2) is 77.9 Å². The summed E-state index contributed by atoms with van der Waals surface area (Å²) in [7, 11) is 3.33. The summed E-state index contributed by atoms with van der Waals surface area (Å²) in [6, 6.07) is 14.4. The van der Waals surface area contributed by atoms with E-state index in [0.29, 0.717) is 29.6 Å². The third-order valence-electron chi connectivity index (χ3n) is 5.95.